The summed E-state index contributed by atoms with van der Waals surface area (Å²) in [5.74, 6) is 0.803. The molecule has 2 atom stereocenters. The van der Waals surface area contributed by atoms with Gasteiger partial charge in [0.15, 0.2) is 0 Å². The van der Waals surface area contributed by atoms with Crippen LogP contribution in [-0.4, -0.2) is 19.1 Å². The van der Waals surface area contributed by atoms with Gasteiger partial charge in [0.2, 0.25) is 0 Å². The van der Waals surface area contributed by atoms with Crippen LogP contribution in [0.2, 0.25) is 0 Å². The molecule has 2 heteroatoms. The van der Waals surface area contributed by atoms with Crippen LogP contribution in [0.3, 0.4) is 0 Å². The van der Waals surface area contributed by atoms with Crippen LogP contribution < -0.4 is 10.6 Å². The average molecular weight is 232 g/mol. The van der Waals surface area contributed by atoms with E-state index in [0.29, 0.717) is 6.04 Å². The van der Waals surface area contributed by atoms with Crippen LogP contribution in [0.25, 0.3) is 0 Å². The van der Waals surface area contributed by atoms with Crippen molar-refractivity contribution in [2.75, 3.05) is 18.0 Å². The summed E-state index contributed by atoms with van der Waals surface area (Å²) in [6.07, 6.45) is 2.28. The monoisotopic (exact) mass is 232 g/mol. The van der Waals surface area contributed by atoms with Crippen LogP contribution >= 0.6 is 0 Å². The van der Waals surface area contributed by atoms with Crippen molar-refractivity contribution in [3.63, 3.8) is 0 Å². The first-order chi connectivity index (χ1) is 8.11. The molecule has 0 spiro atoms. The molecule has 0 amide bonds. The molecule has 1 aromatic rings. The summed E-state index contributed by atoms with van der Waals surface area (Å²) in [7, 11) is 0. The maximum Gasteiger partial charge on any atom is 0.0401 e. The van der Waals surface area contributed by atoms with Crippen LogP contribution in [0.1, 0.15) is 31.4 Å². The van der Waals surface area contributed by atoms with Crippen LogP contribution in [-0.2, 0) is 6.42 Å². The number of nitrogens with zero attached hydrogens (tertiary/aromatic N) is 1. The molecule has 1 fully saturated rings. The van der Waals surface area contributed by atoms with E-state index in [1.807, 2.05) is 0 Å². The molecule has 1 aromatic carbocycles. The van der Waals surface area contributed by atoms with Gasteiger partial charge in [-0.1, -0.05) is 24.6 Å². The lowest BCUT2D eigenvalue weighted by molar-refractivity contribution is 0.625. The Morgan fingerprint density at radius 1 is 1.35 bits per heavy atom. The average Bonchev–Trinajstić information content (AvgIpc) is 2.59. The predicted molar refractivity (Wildman–Crippen MR) is 74.5 cm³/mol. The van der Waals surface area contributed by atoms with Crippen molar-refractivity contribution >= 4 is 5.69 Å². The van der Waals surface area contributed by atoms with Crippen LogP contribution in [0, 0.1) is 12.8 Å². The smallest absolute Gasteiger partial charge is 0.0401 e. The van der Waals surface area contributed by atoms with E-state index in [9.17, 15) is 0 Å². The molecule has 1 aliphatic rings. The van der Waals surface area contributed by atoms with Gasteiger partial charge in [-0.3, -0.25) is 0 Å². The van der Waals surface area contributed by atoms with Crippen molar-refractivity contribution in [1.29, 1.82) is 0 Å². The van der Waals surface area contributed by atoms with Gasteiger partial charge in [0.25, 0.3) is 0 Å². The molecule has 1 saturated heterocycles. The van der Waals surface area contributed by atoms with Gasteiger partial charge >= 0.3 is 0 Å². The number of nitrogens with two attached hydrogens (primary N) is 1. The van der Waals surface area contributed by atoms with Crippen molar-refractivity contribution in [3.8, 4) is 0 Å². The second-order valence-corrected chi connectivity index (χ2v) is 5.51. The summed E-state index contributed by atoms with van der Waals surface area (Å²) in [6, 6.07) is 7.43. The third-order valence-electron chi connectivity index (χ3n) is 3.74. The molecule has 94 valence electrons. The number of hydrogen-bond acceptors (Lipinski definition) is 2. The molecule has 2 nitrogen and oxygen atoms in total. The van der Waals surface area contributed by atoms with Crippen molar-refractivity contribution in [2.24, 2.45) is 11.7 Å². The molecule has 1 heterocycles. The highest BCUT2D eigenvalue weighted by molar-refractivity contribution is 5.56. The quantitative estimate of drug-likeness (QED) is 0.868. The molecule has 1 aliphatic heterocycles. The van der Waals surface area contributed by atoms with E-state index < -0.39 is 0 Å². The highest BCUT2D eigenvalue weighted by Gasteiger charge is 2.27. The molecule has 2 rings (SSSR count). The number of aryl methyl sites for hydroxylation is 1. The van der Waals surface area contributed by atoms with Gasteiger partial charge in [-0.2, -0.15) is 0 Å². The summed E-state index contributed by atoms with van der Waals surface area (Å²) in [4.78, 5) is 2.55. The van der Waals surface area contributed by atoms with E-state index in [1.165, 1.54) is 29.8 Å². The molecule has 0 bridgehead atoms. The molecule has 0 saturated carbocycles. The van der Waals surface area contributed by atoms with Crippen molar-refractivity contribution in [1.82, 2.24) is 0 Å². The Hall–Kier alpha value is -1.02. The molecule has 0 radical (unpaired) electrons. The Morgan fingerprint density at radius 3 is 2.71 bits per heavy atom. The fraction of sp³-hybridized carbons (Fsp3) is 0.600. The zero-order valence-electron chi connectivity index (χ0n) is 11.2. The van der Waals surface area contributed by atoms with E-state index in [4.69, 9.17) is 5.73 Å². The molecule has 0 aromatic heterocycles. The molecular weight excluding hydrogens is 208 g/mol. The maximum atomic E-state index is 5.72. The topological polar surface area (TPSA) is 29.3 Å². The Morgan fingerprint density at radius 2 is 2.12 bits per heavy atom. The third-order valence-corrected chi connectivity index (χ3v) is 3.74. The molecular formula is C15H24N2. The SMILES string of the molecule is Cc1ccc(N2CC(C)CC2C)c(CCN)c1. The summed E-state index contributed by atoms with van der Waals surface area (Å²) in [5, 5.41) is 0. The minimum Gasteiger partial charge on any atom is -0.368 e. The fourth-order valence-electron chi connectivity index (χ4n) is 2.99. The predicted octanol–water partition coefficient (Wildman–Crippen LogP) is 2.73. The largest absolute Gasteiger partial charge is 0.368 e. The molecule has 0 aliphatic carbocycles. The highest BCUT2D eigenvalue weighted by atomic mass is 15.2. The van der Waals surface area contributed by atoms with Crippen LogP contribution in [0.5, 0.6) is 0 Å². The lowest BCUT2D eigenvalue weighted by Crippen LogP contribution is -2.28. The number of hydrogen-bond donors (Lipinski definition) is 1. The maximum absolute atomic E-state index is 5.72. The summed E-state index contributed by atoms with van der Waals surface area (Å²) in [5.41, 5.74) is 9.86. The van der Waals surface area contributed by atoms with E-state index in [1.54, 1.807) is 0 Å². The lowest BCUT2D eigenvalue weighted by atomic mass is 10.0. The molecule has 17 heavy (non-hydrogen) atoms. The van der Waals surface area contributed by atoms with Gasteiger partial charge in [-0.15, -0.1) is 0 Å². The minimum absolute atomic E-state index is 0.657. The Balaban J connectivity index is 2.30. The zero-order chi connectivity index (χ0) is 12.4. The Kier molecular flexibility index (Phi) is 3.72. The second kappa shape index (κ2) is 5.09. The number of rotatable bonds is 3. The minimum atomic E-state index is 0.657. The molecule has 2 unspecified atom stereocenters. The summed E-state index contributed by atoms with van der Waals surface area (Å²) in [6.45, 7) is 8.73. The highest BCUT2D eigenvalue weighted by Crippen LogP contribution is 2.31. The van der Waals surface area contributed by atoms with Gasteiger partial charge < -0.3 is 10.6 Å². The zero-order valence-corrected chi connectivity index (χ0v) is 11.2. The summed E-state index contributed by atoms with van der Waals surface area (Å²) < 4.78 is 0. The van der Waals surface area contributed by atoms with Crippen LogP contribution in [0.15, 0.2) is 18.2 Å². The van der Waals surface area contributed by atoms with Gasteiger partial charge in [0, 0.05) is 18.3 Å². The van der Waals surface area contributed by atoms with Crippen molar-refractivity contribution < 1.29 is 0 Å². The number of benzene rings is 1. The van der Waals surface area contributed by atoms with Crippen molar-refractivity contribution in [2.45, 2.75) is 39.7 Å². The van der Waals surface area contributed by atoms with E-state index >= 15 is 0 Å². The first kappa shape index (κ1) is 12.4. The second-order valence-electron chi connectivity index (χ2n) is 5.51. The van der Waals surface area contributed by atoms with Crippen LogP contribution in [0.4, 0.5) is 5.69 Å². The number of anilines is 1. The standard InChI is InChI=1S/C15H24N2/c1-11-4-5-15(14(9-11)6-7-16)17-10-12(2)8-13(17)3/h4-5,9,12-13H,6-8,10,16H2,1-3H3. The first-order valence-corrected chi connectivity index (χ1v) is 6.68. The van der Waals surface area contributed by atoms with E-state index in [0.717, 1.165) is 18.9 Å². The first-order valence-electron chi connectivity index (χ1n) is 6.68. The van der Waals surface area contributed by atoms with E-state index in [-0.39, 0.29) is 0 Å². The fourth-order valence-corrected chi connectivity index (χ4v) is 2.99. The normalized spacial score (nSPS) is 24.4. The Labute approximate surface area is 105 Å². The van der Waals surface area contributed by atoms with Crippen molar-refractivity contribution in [3.05, 3.63) is 29.3 Å². The van der Waals surface area contributed by atoms with Gasteiger partial charge in [-0.05, 0) is 50.8 Å². The van der Waals surface area contributed by atoms with Gasteiger partial charge in [0.05, 0.1) is 0 Å². The third kappa shape index (κ3) is 2.63. The summed E-state index contributed by atoms with van der Waals surface area (Å²) >= 11 is 0. The van der Waals surface area contributed by atoms with Gasteiger partial charge in [-0.25, -0.2) is 0 Å². The Bertz CT molecular complexity index is 387. The van der Waals surface area contributed by atoms with Gasteiger partial charge in [0.1, 0.15) is 0 Å². The van der Waals surface area contributed by atoms with E-state index in [2.05, 4.69) is 43.9 Å². The lowest BCUT2D eigenvalue weighted by Gasteiger charge is -2.27. The molecule has 2 N–H and O–H groups in total.